The standard InChI is InChI=1S/C17H26N2/c1-2-16-11-18-17(15-9-4-3-5-10-15)13-19(16)12-14-7-6-8-14/h3-5,9-10,14,16-18H,2,6-8,11-13H2,1H3. The van der Waals surface area contributed by atoms with Gasteiger partial charge in [0, 0.05) is 31.7 Å². The Hall–Kier alpha value is -0.860. The zero-order valence-electron chi connectivity index (χ0n) is 12.0. The first kappa shape index (κ1) is 13.1. The van der Waals surface area contributed by atoms with Crippen molar-refractivity contribution in [1.29, 1.82) is 0 Å². The molecule has 2 heteroatoms. The summed E-state index contributed by atoms with van der Waals surface area (Å²) in [7, 11) is 0. The first-order valence-electron chi connectivity index (χ1n) is 7.89. The average molecular weight is 258 g/mol. The number of rotatable bonds is 4. The minimum absolute atomic E-state index is 0.518. The Morgan fingerprint density at radius 3 is 2.63 bits per heavy atom. The van der Waals surface area contributed by atoms with E-state index in [1.165, 1.54) is 44.3 Å². The zero-order valence-corrected chi connectivity index (χ0v) is 12.0. The van der Waals surface area contributed by atoms with Gasteiger partial charge < -0.3 is 5.32 Å². The summed E-state index contributed by atoms with van der Waals surface area (Å²) in [5.41, 5.74) is 1.44. The molecule has 0 bridgehead atoms. The van der Waals surface area contributed by atoms with E-state index in [1.54, 1.807) is 0 Å². The van der Waals surface area contributed by atoms with Gasteiger partial charge in [-0.1, -0.05) is 43.7 Å². The third kappa shape index (κ3) is 3.01. The van der Waals surface area contributed by atoms with Crippen LogP contribution in [0.3, 0.4) is 0 Å². The molecule has 2 fully saturated rings. The highest BCUT2D eigenvalue weighted by Gasteiger charge is 2.30. The van der Waals surface area contributed by atoms with Gasteiger partial charge in [0.15, 0.2) is 0 Å². The monoisotopic (exact) mass is 258 g/mol. The average Bonchev–Trinajstić information content (AvgIpc) is 2.43. The van der Waals surface area contributed by atoms with E-state index in [0.717, 1.165) is 18.5 Å². The van der Waals surface area contributed by atoms with Gasteiger partial charge in [0.1, 0.15) is 0 Å². The molecule has 0 aromatic heterocycles. The molecule has 19 heavy (non-hydrogen) atoms. The first-order valence-corrected chi connectivity index (χ1v) is 7.89. The minimum Gasteiger partial charge on any atom is -0.307 e. The molecule has 2 atom stereocenters. The number of piperazine rings is 1. The Labute approximate surface area is 117 Å². The molecule has 1 aliphatic carbocycles. The Morgan fingerprint density at radius 2 is 2.00 bits per heavy atom. The molecule has 2 unspecified atom stereocenters. The van der Waals surface area contributed by atoms with Crippen molar-refractivity contribution in [3.8, 4) is 0 Å². The number of hydrogen-bond donors (Lipinski definition) is 1. The second-order valence-corrected chi connectivity index (χ2v) is 6.18. The van der Waals surface area contributed by atoms with E-state index in [-0.39, 0.29) is 0 Å². The number of hydrogen-bond acceptors (Lipinski definition) is 2. The zero-order chi connectivity index (χ0) is 13.1. The van der Waals surface area contributed by atoms with Crippen molar-refractivity contribution in [3.05, 3.63) is 35.9 Å². The topological polar surface area (TPSA) is 15.3 Å². The summed E-state index contributed by atoms with van der Waals surface area (Å²) in [5, 5.41) is 3.73. The van der Waals surface area contributed by atoms with Gasteiger partial charge in [0.05, 0.1) is 0 Å². The van der Waals surface area contributed by atoms with Crippen LogP contribution in [0.1, 0.15) is 44.2 Å². The Morgan fingerprint density at radius 1 is 1.21 bits per heavy atom. The van der Waals surface area contributed by atoms with Gasteiger partial charge in [-0.15, -0.1) is 0 Å². The van der Waals surface area contributed by atoms with Crippen LogP contribution in [0.25, 0.3) is 0 Å². The van der Waals surface area contributed by atoms with Crippen LogP contribution < -0.4 is 5.32 Å². The van der Waals surface area contributed by atoms with Crippen molar-refractivity contribution in [1.82, 2.24) is 10.2 Å². The van der Waals surface area contributed by atoms with E-state index in [1.807, 2.05) is 0 Å². The molecule has 0 radical (unpaired) electrons. The van der Waals surface area contributed by atoms with Crippen molar-refractivity contribution in [2.24, 2.45) is 5.92 Å². The van der Waals surface area contributed by atoms with Crippen LogP contribution in [0.15, 0.2) is 30.3 Å². The molecule has 2 aliphatic rings. The molecule has 1 saturated carbocycles. The first-order chi connectivity index (χ1) is 9.36. The van der Waals surface area contributed by atoms with E-state index < -0.39 is 0 Å². The Bertz CT molecular complexity index is 386. The molecular formula is C17H26N2. The highest BCUT2D eigenvalue weighted by Crippen LogP contribution is 2.30. The summed E-state index contributed by atoms with van der Waals surface area (Å²) in [6.07, 6.45) is 5.63. The fourth-order valence-electron chi connectivity index (χ4n) is 3.40. The van der Waals surface area contributed by atoms with Crippen LogP contribution in [0.4, 0.5) is 0 Å². The summed E-state index contributed by atoms with van der Waals surface area (Å²) < 4.78 is 0. The summed E-state index contributed by atoms with van der Waals surface area (Å²) in [6, 6.07) is 12.2. The van der Waals surface area contributed by atoms with Crippen LogP contribution in [-0.2, 0) is 0 Å². The van der Waals surface area contributed by atoms with Crippen LogP contribution >= 0.6 is 0 Å². The maximum atomic E-state index is 3.73. The van der Waals surface area contributed by atoms with E-state index in [2.05, 4.69) is 47.5 Å². The third-order valence-electron chi connectivity index (χ3n) is 4.92. The second kappa shape index (κ2) is 6.06. The van der Waals surface area contributed by atoms with Crippen LogP contribution in [0.2, 0.25) is 0 Å². The molecule has 1 aromatic rings. The summed E-state index contributed by atoms with van der Waals surface area (Å²) >= 11 is 0. The van der Waals surface area contributed by atoms with Gasteiger partial charge in [-0.2, -0.15) is 0 Å². The summed E-state index contributed by atoms with van der Waals surface area (Å²) in [4.78, 5) is 2.75. The van der Waals surface area contributed by atoms with Gasteiger partial charge in [-0.05, 0) is 30.7 Å². The molecule has 1 heterocycles. The quantitative estimate of drug-likeness (QED) is 0.892. The SMILES string of the molecule is CCC1CNC(c2ccccc2)CN1CC1CCC1. The van der Waals surface area contributed by atoms with Gasteiger partial charge >= 0.3 is 0 Å². The molecule has 104 valence electrons. The highest BCUT2D eigenvalue weighted by molar-refractivity contribution is 5.20. The largest absolute Gasteiger partial charge is 0.307 e. The number of nitrogens with zero attached hydrogens (tertiary/aromatic N) is 1. The number of nitrogens with one attached hydrogen (secondary N) is 1. The van der Waals surface area contributed by atoms with Crippen molar-refractivity contribution in [3.63, 3.8) is 0 Å². The summed E-state index contributed by atoms with van der Waals surface area (Å²) in [5.74, 6) is 0.976. The van der Waals surface area contributed by atoms with Gasteiger partial charge in [0.25, 0.3) is 0 Å². The molecule has 3 rings (SSSR count). The fraction of sp³-hybridized carbons (Fsp3) is 0.647. The van der Waals surface area contributed by atoms with Crippen molar-refractivity contribution < 1.29 is 0 Å². The van der Waals surface area contributed by atoms with E-state index in [0.29, 0.717) is 6.04 Å². The minimum atomic E-state index is 0.518. The maximum Gasteiger partial charge on any atom is 0.0449 e. The van der Waals surface area contributed by atoms with Gasteiger partial charge in [-0.25, -0.2) is 0 Å². The molecule has 0 spiro atoms. The van der Waals surface area contributed by atoms with Crippen LogP contribution in [-0.4, -0.2) is 30.6 Å². The molecule has 1 aromatic carbocycles. The van der Waals surface area contributed by atoms with Crippen LogP contribution in [0.5, 0.6) is 0 Å². The third-order valence-corrected chi connectivity index (χ3v) is 4.92. The number of benzene rings is 1. The van der Waals surface area contributed by atoms with Gasteiger partial charge in [0.2, 0.25) is 0 Å². The van der Waals surface area contributed by atoms with Crippen molar-refractivity contribution in [2.75, 3.05) is 19.6 Å². The maximum absolute atomic E-state index is 3.73. The smallest absolute Gasteiger partial charge is 0.0449 e. The lowest BCUT2D eigenvalue weighted by Gasteiger charge is -2.43. The van der Waals surface area contributed by atoms with E-state index >= 15 is 0 Å². The molecule has 1 aliphatic heterocycles. The molecule has 0 amide bonds. The lowest BCUT2D eigenvalue weighted by atomic mass is 9.84. The predicted octanol–water partition coefficient (Wildman–Crippen LogP) is 3.21. The van der Waals surface area contributed by atoms with Crippen LogP contribution in [0, 0.1) is 5.92 Å². The van der Waals surface area contributed by atoms with E-state index in [4.69, 9.17) is 0 Å². The van der Waals surface area contributed by atoms with Crippen molar-refractivity contribution in [2.45, 2.75) is 44.7 Å². The lowest BCUT2D eigenvalue weighted by molar-refractivity contribution is 0.0863. The molecular weight excluding hydrogens is 232 g/mol. The second-order valence-electron chi connectivity index (χ2n) is 6.18. The predicted molar refractivity (Wildman–Crippen MR) is 80.2 cm³/mol. The highest BCUT2D eigenvalue weighted by atomic mass is 15.2. The summed E-state index contributed by atoms with van der Waals surface area (Å²) in [6.45, 7) is 5.97. The normalized spacial score (nSPS) is 29.1. The molecule has 1 N–H and O–H groups in total. The van der Waals surface area contributed by atoms with Crippen molar-refractivity contribution >= 4 is 0 Å². The molecule has 1 saturated heterocycles. The molecule has 2 nitrogen and oxygen atoms in total. The van der Waals surface area contributed by atoms with Gasteiger partial charge in [-0.3, -0.25) is 4.90 Å². The lowest BCUT2D eigenvalue weighted by Crippen LogP contribution is -2.54. The Balaban J connectivity index is 1.65. The van der Waals surface area contributed by atoms with E-state index in [9.17, 15) is 0 Å². The Kier molecular flexibility index (Phi) is 4.19. The fourth-order valence-corrected chi connectivity index (χ4v) is 3.40.